The van der Waals surface area contributed by atoms with E-state index < -0.39 is 5.97 Å². The van der Waals surface area contributed by atoms with E-state index in [1.54, 1.807) is 38.1 Å². The van der Waals surface area contributed by atoms with Gasteiger partial charge in [-0.05, 0) is 50.3 Å². The molecule has 0 heterocycles. The summed E-state index contributed by atoms with van der Waals surface area (Å²) in [5.74, 6) is -0.637. The SMILES string of the molecule is CCOC(=O)c1ccc(NC(=O)C/C(C)=N\NC(N)=S)cc1. The van der Waals surface area contributed by atoms with Crippen LogP contribution >= 0.6 is 12.2 Å². The van der Waals surface area contributed by atoms with Gasteiger partial charge in [-0.15, -0.1) is 0 Å². The van der Waals surface area contributed by atoms with Crippen LogP contribution in [0.5, 0.6) is 0 Å². The van der Waals surface area contributed by atoms with E-state index in [1.807, 2.05) is 0 Å². The standard InChI is InChI=1S/C14H18N4O3S/c1-3-21-13(20)10-4-6-11(7-5-10)16-12(19)8-9(2)17-18-14(15)22/h4-7H,3,8H2,1-2H3,(H,16,19)(H3,15,18,22)/b17-9-. The highest BCUT2D eigenvalue weighted by molar-refractivity contribution is 7.80. The molecule has 118 valence electrons. The second kappa shape index (κ2) is 8.73. The maximum absolute atomic E-state index is 11.8. The number of amides is 1. The second-order valence-electron chi connectivity index (χ2n) is 4.35. The molecule has 1 rings (SSSR count). The zero-order chi connectivity index (χ0) is 16.5. The fourth-order valence-electron chi connectivity index (χ4n) is 1.53. The molecule has 1 aromatic carbocycles. The number of hydrazone groups is 1. The first kappa shape index (κ1) is 17.6. The van der Waals surface area contributed by atoms with E-state index in [1.165, 1.54) is 0 Å². The molecule has 1 amide bonds. The van der Waals surface area contributed by atoms with E-state index in [9.17, 15) is 9.59 Å². The van der Waals surface area contributed by atoms with Crippen LogP contribution in [0.15, 0.2) is 29.4 Å². The fraction of sp³-hybridized carbons (Fsp3) is 0.286. The monoisotopic (exact) mass is 322 g/mol. The first-order chi connectivity index (χ1) is 10.4. The Morgan fingerprint density at radius 3 is 2.50 bits per heavy atom. The number of carbonyl (C=O) groups excluding carboxylic acids is 2. The number of carbonyl (C=O) groups is 2. The van der Waals surface area contributed by atoms with Crippen LogP contribution < -0.4 is 16.5 Å². The van der Waals surface area contributed by atoms with Gasteiger partial charge in [0.2, 0.25) is 5.91 Å². The molecule has 0 aliphatic rings. The summed E-state index contributed by atoms with van der Waals surface area (Å²) in [5, 5.41) is 6.57. The maximum atomic E-state index is 11.8. The van der Waals surface area contributed by atoms with Gasteiger partial charge in [0.15, 0.2) is 5.11 Å². The smallest absolute Gasteiger partial charge is 0.338 e. The van der Waals surface area contributed by atoms with Crippen molar-refractivity contribution in [3.63, 3.8) is 0 Å². The maximum Gasteiger partial charge on any atom is 0.338 e. The number of hydrogen-bond acceptors (Lipinski definition) is 5. The highest BCUT2D eigenvalue weighted by atomic mass is 32.1. The minimum absolute atomic E-state index is 0.0364. The first-order valence-electron chi connectivity index (χ1n) is 6.58. The van der Waals surface area contributed by atoms with Gasteiger partial charge in [-0.25, -0.2) is 4.79 Å². The third-order valence-electron chi connectivity index (χ3n) is 2.45. The summed E-state index contributed by atoms with van der Waals surface area (Å²) < 4.78 is 4.88. The third kappa shape index (κ3) is 6.31. The highest BCUT2D eigenvalue weighted by Gasteiger charge is 2.08. The van der Waals surface area contributed by atoms with E-state index in [2.05, 4.69) is 28.1 Å². The van der Waals surface area contributed by atoms with Crippen molar-refractivity contribution in [1.29, 1.82) is 0 Å². The van der Waals surface area contributed by atoms with Crippen LogP contribution in [0.3, 0.4) is 0 Å². The Bertz CT molecular complexity index is 584. The Hall–Kier alpha value is -2.48. The molecular formula is C14H18N4O3S. The molecule has 0 fully saturated rings. The lowest BCUT2D eigenvalue weighted by molar-refractivity contribution is -0.115. The average molecular weight is 322 g/mol. The molecule has 0 aliphatic heterocycles. The number of hydrogen-bond donors (Lipinski definition) is 3. The van der Waals surface area contributed by atoms with Crippen molar-refractivity contribution in [2.45, 2.75) is 20.3 Å². The molecular weight excluding hydrogens is 304 g/mol. The number of thiocarbonyl (C=S) groups is 1. The van der Waals surface area contributed by atoms with Crippen LogP contribution in [0.4, 0.5) is 5.69 Å². The van der Waals surface area contributed by atoms with Gasteiger partial charge in [-0.1, -0.05) is 0 Å². The van der Waals surface area contributed by atoms with Crippen molar-refractivity contribution in [2.75, 3.05) is 11.9 Å². The lowest BCUT2D eigenvalue weighted by Crippen LogP contribution is -2.26. The summed E-state index contributed by atoms with van der Waals surface area (Å²) in [6, 6.07) is 6.43. The molecule has 0 saturated heterocycles. The molecule has 0 aromatic heterocycles. The number of benzene rings is 1. The summed E-state index contributed by atoms with van der Waals surface area (Å²) in [7, 11) is 0. The van der Waals surface area contributed by atoms with Crippen LogP contribution in [0, 0.1) is 0 Å². The van der Waals surface area contributed by atoms with Gasteiger partial charge in [-0.3, -0.25) is 10.2 Å². The molecule has 0 bridgehead atoms. The number of nitrogens with two attached hydrogens (primary N) is 1. The number of esters is 1. The molecule has 0 unspecified atom stereocenters. The van der Waals surface area contributed by atoms with Crippen molar-refractivity contribution in [3.8, 4) is 0 Å². The van der Waals surface area contributed by atoms with Crippen LogP contribution in [0.2, 0.25) is 0 Å². The van der Waals surface area contributed by atoms with Crippen LogP contribution in [0.1, 0.15) is 30.6 Å². The lowest BCUT2D eigenvalue weighted by Gasteiger charge is -2.06. The Morgan fingerprint density at radius 1 is 1.32 bits per heavy atom. The topological polar surface area (TPSA) is 106 Å². The van der Waals surface area contributed by atoms with Crippen LogP contribution in [0.25, 0.3) is 0 Å². The van der Waals surface area contributed by atoms with E-state index in [0.717, 1.165) is 0 Å². The van der Waals surface area contributed by atoms with Gasteiger partial charge < -0.3 is 15.8 Å². The predicted molar refractivity (Wildman–Crippen MR) is 88.7 cm³/mol. The van der Waals surface area contributed by atoms with Crippen molar-refractivity contribution in [2.24, 2.45) is 10.8 Å². The van der Waals surface area contributed by atoms with Crippen LogP contribution in [-0.2, 0) is 9.53 Å². The van der Waals surface area contributed by atoms with Gasteiger partial charge in [0.05, 0.1) is 18.6 Å². The molecule has 0 atom stereocenters. The average Bonchev–Trinajstić information content (AvgIpc) is 2.46. The molecule has 0 radical (unpaired) electrons. The van der Waals surface area contributed by atoms with Gasteiger partial charge in [-0.2, -0.15) is 5.10 Å². The van der Waals surface area contributed by atoms with Crippen molar-refractivity contribution < 1.29 is 14.3 Å². The van der Waals surface area contributed by atoms with Gasteiger partial charge in [0.1, 0.15) is 0 Å². The van der Waals surface area contributed by atoms with Crippen molar-refractivity contribution in [1.82, 2.24) is 5.43 Å². The second-order valence-corrected chi connectivity index (χ2v) is 4.79. The molecule has 0 aliphatic carbocycles. The van der Waals surface area contributed by atoms with Gasteiger partial charge >= 0.3 is 5.97 Å². The van der Waals surface area contributed by atoms with E-state index in [4.69, 9.17) is 10.5 Å². The van der Waals surface area contributed by atoms with E-state index >= 15 is 0 Å². The quantitative estimate of drug-likeness (QED) is 0.316. The predicted octanol–water partition coefficient (Wildman–Crippen LogP) is 1.40. The van der Waals surface area contributed by atoms with Gasteiger partial charge in [0, 0.05) is 11.4 Å². The van der Waals surface area contributed by atoms with E-state index in [-0.39, 0.29) is 17.4 Å². The molecule has 0 saturated carbocycles. The summed E-state index contributed by atoms with van der Waals surface area (Å²) in [4.78, 5) is 23.3. The number of rotatable bonds is 6. The Labute approximate surface area is 133 Å². The Balaban J connectivity index is 2.56. The summed E-state index contributed by atoms with van der Waals surface area (Å²) >= 11 is 4.61. The van der Waals surface area contributed by atoms with Crippen molar-refractivity contribution in [3.05, 3.63) is 29.8 Å². The highest BCUT2D eigenvalue weighted by Crippen LogP contribution is 2.11. The lowest BCUT2D eigenvalue weighted by atomic mass is 10.2. The summed E-state index contributed by atoms with van der Waals surface area (Å²) in [6.45, 7) is 3.73. The van der Waals surface area contributed by atoms with Gasteiger partial charge in [0.25, 0.3) is 0 Å². The molecule has 8 heteroatoms. The number of nitrogens with zero attached hydrogens (tertiary/aromatic N) is 1. The molecule has 7 nitrogen and oxygen atoms in total. The summed E-state index contributed by atoms with van der Waals surface area (Å²) in [5.41, 5.74) is 9.18. The summed E-state index contributed by atoms with van der Waals surface area (Å²) in [6.07, 6.45) is 0.0925. The first-order valence-corrected chi connectivity index (χ1v) is 6.98. The fourth-order valence-corrected chi connectivity index (χ4v) is 1.58. The Morgan fingerprint density at radius 2 is 1.95 bits per heavy atom. The number of ether oxygens (including phenoxy) is 1. The normalized spacial score (nSPS) is 10.7. The minimum atomic E-state index is -0.396. The molecule has 0 spiro atoms. The Kier molecular flexibility index (Phi) is 6.97. The molecule has 1 aromatic rings. The third-order valence-corrected chi connectivity index (χ3v) is 2.54. The minimum Gasteiger partial charge on any atom is -0.462 e. The number of anilines is 1. The molecule has 4 N–H and O–H groups in total. The molecule has 22 heavy (non-hydrogen) atoms. The number of nitrogens with one attached hydrogen (secondary N) is 2. The van der Waals surface area contributed by atoms with E-state index in [0.29, 0.717) is 23.6 Å². The van der Waals surface area contributed by atoms with Crippen LogP contribution in [-0.4, -0.2) is 29.3 Å². The zero-order valence-corrected chi connectivity index (χ0v) is 13.2. The van der Waals surface area contributed by atoms with Crippen molar-refractivity contribution >= 4 is 40.6 Å². The largest absolute Gasteiger partial charge is 0.462 e. The zero-order valence-electron chi connectivity index (χ0n) is 12.4.